The number of rotatable bonds is 5. The van der Waals surface area contributed by atoms with Crippen LogP contribution in [0.3, 0.4) is 0 Å². The van der Waals surface area contributed by atoms with Crippen LogP contribution in [-0.2, 0) is 25.0 Å². The van der Waals surface area contributed by atoms with E-state index in [1.807, 2.05) is 0 Å². The van der Waals surface area contributed by atoms with Crippen LogP contribution in [0.15, 0.2) is 30.3 Å². The highest BCUT2D eigenvalue weighted by Gasteiger charge is 2.18. The van der Waals surface area contributed by atoms with Gasteiger partial charge in [-0.2, -0.15) is 0 Å². The third-order valence-corrected chi connectivity index (χ3v) is 3.05. The van der Waals surface area contributed by atoms with Gasteiger partial charge in [0.25, 0.3) is 0 Å². The summed E-state index contributed by atoms with van der Waals surface area (Å²) in [5.74, 6) is -1.78. The third kappa shape index (κ3) is 3.99. The van der Waals surface area contributed by atoms with Crippen LogP contribution < -0.4 is 0 Å². The monoisotopic (exact) mass is 256 g/mol. The summed E-state index contributed by atoms with van der Waals surface area (Å²) in [5.41, 5.74) is 0.528. The molecule has 1 aromatic rings. The van der Waals surface area contributed by atoms with Gasteiger partial charge in [0.15, 0.2) is 10.7 Å². The standard InChI is InChI=1S/C11H12O5S/c1-8(12)11(13)16-7-10(17(14)15)9-5-3-2-4-6-9/h2-6,10,17H,7H2,1H3. The molecule has 1 unspecified atom stereocenters. The zero-order chi connectivity index (χ0) is 12.8. The molecule has 1 atom stereocenters. The molecule has 0 fully saturated rings. The van der Waals surface area contributed by atoms with Crippen LogP contribution in [-0.4, -0.2) is 26.8 Å². The van der Waals surface area contributed by atoms with Crippen molar-refractivity contribution >= 4 is 22.5 Å². The van der Waals surface area contributed by atoms with Crippen LogP contribution in [0.5, 0.6) is 0 Å². The van der Waals surface area contributed by atoms with Crippen molar-refractivity contribution in [3.05, 3.63) is 35.9 Å². The Morgan fingerprint density at radius 2 is 1.82 bits per heavy atom. The Hall–Kier alpha value is -1.69. The summed E-state index contributed by atoms with van der Waals surface area (Å²) in [6.07, 6.45) is 0. The van der Waals surface area contributed by atoms with Crippen LogP contribution in [0.2, 0.25) is 0 Å². The Morgan fingerprint density at radius 1 is 1.24 bits per heavy atom. The molecule has 1 rings (SSSR count). The molecule has 0 amide bonds. The number of ether oxygens (including phenoxy) is 1. The van der Waals surface area contributed by atoms with E-state index in [9.17, 15) is 18.0 Å². The first-order valence-corrected chi connectivity index (χ1v) is 6.13. The molecule has 92 valence electrons. The summed E-state index contributed by atoms with van der Waals surface area (Å²) in [4.78, 5) is 21.6. The first-order valence-electron chi connectivity index (χ1n) is 4.88. The maximum absolute atomic E-state index is 11.0. The van der Waals surface area contributed by atoms with Gasteiger partial charge in [-0.15, -0.1) is 0 Å². The maximum Gasteiger partial charge on any atom is 0.374 e. The van der Waals surface area contributed by atoms with E-state index in [1.165, 1.54) is 0 Å². The molecule has 0 aliphatic heterocycles. The van der Waals surface area contributed by atoms with Crippen LogP contribution in [0.1, 0.15) is 17.7 Å². The van der Waals surface area contributed by atoms with Gasteiger partial charge in [-0.3, -0.25) is 4.79 Å². The van der Waals surface area contributed by atoms with E-state index >= 15 is 0 Å². The largest absolute Gasteiger partial charge is 0.458 e. The van der Waals surface area contributed by atoms with Gasteiger partial charge in [0.05, 0.1) is 0 Å². The number of hydrogen-bond donors (Lipinski definition) is 1. The first kappa shape index (κ1) is 13.4. The lowest BCUT2D eigenvalue weighted by Gasteiger charge is -2.10. The molecule has 0 saturated heterocycles. The molecule has 0 N–H and O–H groups in total. The number of ketones is 1. The van der Waals surface area contributed by atoms with Crippen LogP contribution in [0.4, 0.5) is 0 Å². The topological polar surface area (TPSA) is 77.5 Å². The van der Waals surface area contributed by atoms with Crippen LogP contribution >= 0.6 is 0 Å². The lowest BCUT2D eigenvalue weighted by molar-refractivity contribution is -0.152. The molecule has 6 heteroatoms. The molecule has 5 nitrogen and oxygen atoms in total. The average molecular weight is 256 g/mol. The van der Waals surface area contributed by atoms with Crippen LogP contribution in [0, 0.1) is 0 Å². The van der Waals surface area contributed by atoms with Gasteiger partial charge >= 0.3 is 5.97 Å². The molecular formula is C11H12O5S. The molecule has 0 saturated carbocycles. The molecule has 0 radical (unpaired) electrons. The zero-order valence-electron chi connectivity index (χ0n) is 9.16. The van der Waals surface area contributed by atoms with Crippen molar-refractivity contribution in [3.8, 4) is 0 Å². The van der Waals surface area contributed by atoms with Gasteiger partial charge in [0.1, 0.15) is 11.9 Å². The third-order valence-electron chi connectivity index (χ3n) is 2.10. The Balaban J connectivity index is 2.76. The highest BCUT2D eigenvalue weighted by atomic mass is 32.2. The summed E-state index contributed by atoms with van der Waals surface area (Å²) in [6.45, 7) is 0.720. The van der Waals surface area contributed by atoms with Crippen molar-refractivity contribution < 1.29 is 22.7 Å². The number of benzene rings is 1. The van der Waals surface area contributed by atoms with E-state index in [0.29, 0.717) is 5.56 Å². The van der Waals surface area contributed by atoms with E-state index < -0.39 is 27.7 Å². The lowest BCUT2D eigenvalue weighted by Crippen LogP contribution is -2.18. The summed E-state index contributed by atoms with van der Waals surface area (Å²) >= 11 is 0. The van der Waals surface area contributed by atoms with Gasteiger partial charge in [-0.1, -0.05) is 30.3 Å². The zero-order valence-corrected chi connectivity index (χ0v) is 10.1. The SMILES string of the molecule is CC(=O)C(=O)OCC(c1ccccc1)[SH](=O)=O. The van der Waals surface area contributed by atoms with Crippen LogP contribution in [0.25, 0.3) is 0 Å². The normalized spacial score (nSPS) is 12.1. The Morgan fingerprint density at radius 3 is 2.29 bits per heavy atom. The van der Waals surface area contributed by atoms with Crippen molar-refractivity contribution in [2.45, 2.75) is 12.2 Å². The molecule has 17 heavy (non-hydrogen) atoms. The summed E-state index contributed by atoms with van der Waals surface area (Å²) in [5, 5.41) is -0.922. The van der Waals surface area contributed by atoms with Crippen molar-refractivity contribution in [2.24, 2.45) is 0 Å². The number of carbonyl (C=O) groups is 2. The summed E-state index contributed by atoms with van der Waals surface area (Å²) in [6, 6.07) is 8.37. The molecule has 1 aromatic carbocycles. The minimum atomic E-state index is -2.78. The average Bonchev–Trinajstić information content (AvgIpc) is 2.29. The minimum Gasteiger partial charge on any atom is -0.458 e. The highest BCUT2D eigenvalue weighted by molar-refractivity contribution is 7.72. The number of hydrogen-bond acceptors (Lipinski definition) is 5. The number of Topliss-reactive ketones (excluding diaryl/α,β-unsaturated/α-hetero) is 1. The molecule has 0 aliphatic rings. The van der Waals surface area contributed by atoms with Gasteiger partial charge < -0.3 is 4.74 Å². The predicted octanol–water partition coefficient (Wildman–Crippen LogP) is 0.471. The van der Waals surface area contributed by atoms with E-state index in [4.69, 9.17) is 0 Å². The van der Waals surface area contributed by atoms with Gasteiger partial charge in [0.2, 0.25) is 5.78 Å². The van der Waals surface area contributed by atoms with Crippen molar-refractivity contribution in [2.75, 3.05) is 6.61 Å². The number of esters is 1. The molecule has 0 spiro atoms. The fourth-order valence-corrected chi connectivity index (χ4v) is 1.82. The van der Waals surface area contributed by atoms with Crippen molar-refractivity contribution in [3.63, 3.8) is 0 Å². The summed E-state index contributed by atoms with van der Waals surface area (Å²) < 4.78 is 26.7. The second-order valence-electron chi connectivity index (χ2n) is 3.37. The molecular weight excluding hydrogens is 244 g/mol. The molecule has 0 heterocycles. The van der Waals surface area contributed by atoms with E-state index in [-0.39, 0.29) is 6.61 Å². The van der Waals surface area contributed by atoms with E-state index in [0.717, 1.165) is 6.92 Å². The number of carbonyl (C=O) groups excluding carboxylic acids is 2. The van der Waals surface area contributed by atoms with Gasteiger partial charge in [-0.05, 0) is 5.56 Å². The quantitative estimate of drug-likeness (QED) is 0.471. The Labute approximate surface area is 100 Å². The molecule has 0 aromatic heterocycles. The summed E-state index contributed by atoms with van der Waals surface area (Å²) in [7, 11) is -2.78. The Bertz CT molecular complexity index is 470. The van der Waals surface area contributed by atoms with Gasteiger partial charge in [-0.25, -0.2) is 13.2 Å². The fourth-order valence-electron chi connectivity index (χ4n) is 1.21. The van der Waals surface area contributed by atoms with Gasteiger partial charge in [0, 0.05) is 6.92 Å². The minimum absolute atomic E-state index is 0.346. The smallest absolute Gasteiger partial charge is 0.374 e. The van der Waals surface area contributed by atoms with E-state index in [2.05, 4.69) is 4.74 Å². The molecule has 0 aliphatic carbocycles. The maximum atomic E-state index is 11.0. The lowest BCUT2D eigenvalue weighted by atomic mass is 10.1. The number of thiol groups is 1. The first-order chi connectivity index (χ1) is 8.02. The molecule has 0 bridgehead atoms. The second kappa shape index (κ2) is 6.15. The highest BCUT2D eigenvalue weighted by Crippen LogP contribution is 2.16. The predicted molar refractivity (Wildman–Crippen MR) is 61.1 cm³/mol. The Kier molecular flexibility index (Phi) is 4.84. The second-order valence-corrected chi connectivity index (χ2v) is 4.56. The fraction of sp³-hybridized carbons (Fsp3) is 0.273. The van der Waals surface area contributed by atoms with E-state index in [1.54, 1.807) is 30.3 Å². The van der Waals surface area contributed by atoms with Crippen molar-refractivity contribution in [1.29, 1.82) is 0 Å². The van der Waals surface area contributed by atoms with Crippen molar-refractivity contribution in [1.82, 2.24) is 0 Å².